The number of nitrogens with one attached hydrogen (secondary N) is 1. The van der Waals surface area contributed by atoms with Crippen molar-refractivity contribution in [3.05, 3.63) is 54.2 Å². The Morgan fingerprint density at radius 1 is 1.13 bits per heavy atom. The number of rotatable bonds is 6. The number of thiazole rings is 1. The number of hydrogen-bond donors (Lipinski definition) is 3. The second kappa shape index (κ2) is 7.61. The summed E-state index contributed by atoms with van der Waals surface area (Å²) in [6.45, 7) is -0.496. The van der Waals surface area contributed by atoms with E-state index in [1.807, 2.05) is 24.3 Å². The van der Waals surface area contributed by atoms with Crippen LogP contribution < -0.4 is 5.32 Å². The molecule has 1 aliphatic rings. The average Bonchev–Trinajstić information content (AvgIpc) is 3.24. The van der Waals surface area contributed by atoms with Crippen LogP contribution in [0.5, 0.6) is 0 Å². The fraction of sp³-hybridized carbons (Fsp3) is 0.105. The number of benzene rings is 2. The lowest BCUT2D eigenvalue weighted by Gasteiger charge is -2.15. The number of carbonyl (C=O) groups is 2. The number of nitrogens with zero attached hydrogens (tertiary/aromatic N) is 2. The monoisotopic (exact) mass is 445 g/mol. The molecular formula is C19H15N3O6S2. The van der Waals surface area contributed by atoms with E-state index in [2.05, 4.69) is 10.3 Å². The molecule has 0 atom stereocenters. The standard InChI is InChI=1S/C19H15N3O6S2/c23-8-7-22-17(24)10-15(19(22)25)20-13-6-5-11(30(26,27)28)9-12(13)18-21-14-3-1-2-4-16(14)29-18/h1-6,9-10,20,23H,7-8H2,(H,26,27,28). The van der Waals surface area contributed by atoms with Crippen molar-refractivity contribution in [1.82, 2.24) is 9.88 Å². The Kier molecular flexibility index (Phi) is 5.12. The molecule has 11 heteroatoms. The third-order valence-electron chi connectivity index (χ3n) is 4.42. The van der Waals surface area contributed by atoms with E-state index in [-0.39, 0.29) is 23.7 Å². The predicted octanol–water partition coefficient (Wildman–Crippen LogP) is 1.87. The molecule has 1 aromatic heterocycles. The Bertz CT molecular complexity index is 1280. The molecule has 3 N–H and O–H groups in total. The van der Waals surface area contributed by atoms with Gasteiger partial charge in [-0.15, -0.1) is 11.3 Å². The second-order valence-electron chi connectivity index (χ2n) is 6.37. The quantitative estimate of drug-likeness (QED) is 0.386. The van der Waals surface area contributed by atoms with Crippen LogP contribution in [0.25, 0.3) is 20.8 Å². The van der Waals surface area contributed by atoms with Crippen molar-refractivity contribution in [2.75, 3.05) is 18.5 Å². The summed E-state index contributed by atoms with van der Waals surface area (Å²) in [5.41, 5.74) is 1.37. The molecular weight excluding hydrogens is 430 g/mol. The van der Waals surface area contributed by atoms with E-state index in [1.165, 1.54) is 29.5 Å². The zero-order chi connectivity index (χ0) is 21.5. The van der Waals surface area contributed by atoms with E-state index < -0.39 is 21.9 Å². The molecule has 0 fully saturated rings. The molecule has 0 saturated heterocycles. The molecule has 0 bridgehead atoms. The van der Waals surface area contributed by atoms with Gasteiger partial charge in [0.15, 0.2) is 0 Å². The van der Waals surface area contributed by atoms with Crippen molar-refractivity contribution in [2.45, 2.75) is 4.90 Å². The van der Waals surface area contributed by atoms with Crippen LogP contribution >= 0.6 is 11.3 Å². The first-order valence-corrected chi connectivity index (χ1v) is 11.0. The molecule has 0 aliphatic carbocycles. The van der Waals surface area contributed by atoms with Crippen molar-refractivity contribution in [1.29, 1.82) is 0 Å². The molecule has 1 aliphatic heterocycles. The molecule has 0 saturated carbocycles. The fourth-order valence-electron chi connectivity index (χ4n) is 3.01. The van der Waals surface area contributed by atoms with Gasteiger partial charge in [-0.2, -0.15) is 8.42 Å². The van der Waals surface area contributed by atoms with E-state index in [1.54, 1.807) is 0 Å². The summed E-state index contributed by atoms with van der Waals surface area (Å²) >= 11 is 1.31. The van der Waals surface area contributed by atoms with Gasteiger partial charge >= 0.3 is 0 Å². The highest BCUT2D eigenvalue weighted by Gasteiger charge is 2.31. The van der Waals surface area contributed by atoms with Crippen LogP contribution in [0.2, 0.25) is 0 Å². The van der Waals surface area contributed by atoms with Crippen LogP contribution in [0.15, 0.2) is 59.1 Å². The number of fused-ring (bicyclic) bond motifs is 1. The molecule has 0 spiro atoms. The maximum atomic E-state index is 12.4. The number of imide groups is 1. The van der Waals surface area contributed by atoms with Gasteiger partial charge in [0, 0.05) is 17.3 Å². The number of carbonyl (C=O) groups excluding carboxylic acids is 2. The lowest BCUT2D eigenvalue weighted by molar-refractivity contribution is -0.137. The molecule has 154 valence electrons. The van der Waals surface area contributed by atoms with Gasteiger partial charge in [-0.05, 0) is 30.3 Å². The summed E-state index contributed by atoms with van der Waals surface area (Å²) < 4.78 is 33.6. The van der Waals surface area contributed by atoms with E-state index in [0.717, 1.165) is 15.7 Å². The molecule has 4 rings (SSSR count). The summed E-state index contributed by atoms with van der Waals surface area (Å²) in [6.07, 6.45) is 1.11. The third kappa shape index (κ3) is 3.71. The van der Waals surface area contributed by atoms with E-state index >= 15 is 0 Å². The van der Waals surface area contributed by atoms with Gasteiger partial charge < -0.3 is 10.4 Å². The Morgan fingerprint density at radius 3 is 2.60 bits per heavy atom. The number of aromatic nitrogens is 1. The summed E-state index contributed by atoms with van der Waals surface area (Å²) in [6, 6.07) is 11.2. The third-order valence-corrected chi connectivity index (χ3v) is 6.33. The first kappa shape index (κ1) is 20.2. The average molecular weight is 445 g/mol. The molecule has 30 heavy (non-hydrogen) atoms. The van der Waals surface area contributed by atoms with E-state index in [9.17, 15) is 22.6 Å². The van der Waals surface area contributed by atoms with Crippen LogP contribution in [-0.2, 0) is 19.7 Å². The molecule has 2 heterocycles. The van der Waals surface area contributed by atoms with Gasteiger partial charge in [0.05, 0.1) is 28.3 Å². The van der Waals surface area contributed by atoms with E-state index in [4.69, 9.17) is 5.11 Å². The first-order chi connectivity index (χ1) is 14.3. The van der Waals surface area contributed by atoms with Gasteiger partial charge in [-0.3, -0.25) is 19.0 Å². The van der Waals surface area contributed by atoms with Gasteiger partial charge in [-0.1, -0.05) is 12.1 Å². The highest BCUT2D eigenvalue weighted by molar-refractivity contribution is 7.85. The highest BCUT2D eigenvalue weighted by atomic mass is 32.2. The number of aliphatic hydroxyl groups is 1. The second-order valence-corrected chi connectivity index (χ2v) is 8.82. The number of hydrogen-bond acceptors (Lipinski definition) is 8. The van der Waals surface area contributed by atoms with Gasteiger partial charge in [0.1, 0.15) is 10.7 Å². The normalized spacial score (nSPS) is 14.5. The summed E-state index contributed by atoms with van der Waals surface area (Å²) in [5, 5.41) is 12.4. The Labute approximate surface area is 175 Å². The van der Waals surface area contributed by atoms with Crippen LogP contribution in [0.1, 0.15) is 0 Å². The predicted molar refractivity (Wildman–Crippen MR) is 110 cm³/mol. The smallest absolute Gasteiger partial charge is 0.294 e. The molecule has 0 radical (unpaired) electrons. The Morgan fingerprint density at radius 2 is 1.90 bits per heavy atom. The minimum absolute atomic E-state index is 0.0181. The summed E-state index contributed by atoms with van der Waals surface area (Å²) in [7, 11) is -4.47. The van der Waals surface area contributed by atoms with Gasteiger partial charge in [0.25, 0.3) is 21.9 Å². The Hall–Kier alpha value is -3.12. The largest absolute Gasteiger partial charge is 0.395 e. The maximum Gasteiger partial charge on any atom is 0.294 e. The number of anilines is 1. The fourth-order valence-corrected chi connectivity index (χ4v) is 4.51. The number of β-amino-alcohol motifs (C(OH)–C–C–N with tert-alkyl or cyclic N) is 1. The van der Waals surface area contributed by atoms with Crippen molar-refractivity contribution >= 4 is 49.2 Å². The maximum absolute atomic E-state index is 12.4. The van der Waals surface area contributed by atoms with E-state index in [0.29, 0.717) is 21.8 Å². The van der Waals surface area contributed by atoms with Crippen molar-refractivity contribution in [2.24, 2.45) is 0 Å². The summed E-state index contributed by atoms with van der Waals surface area (Å²) in [4.78, 5) is 29.5. The zero-order valence-electron chi connectivity index (χ0n) is 15.3. The lowest BCUT2D eigenvalue weighted by Crippen LogP contribution is -2.34. The number of amides is 2. The van der Waals surface area contributed by atoms with Crippen molar-refractivity contribution in [3.8, 4) is 10.6 Å². The first-order valence-electron chi connectivity index (χ1n) is 8.71. The molecule has 2 aromatic carbocycles. The summed E-state index contributed by atoms with van der Waals surface area (Å²) in [5.74, 6) is -1.17. The lowest BCUT2D eigenvalue weighted by atomic mass is 10.1. The molecule has 9 nitrogen and oxygen atoms in total. The van der Waals surface area contributed by atoms with Crippen molar-refractivity contribution < 1.29 is 27.7 Å². The van der Waals surface area contributed by atoms with Crippen LogP contribution in [-0.4, -0.2) is 52.9 Å². The molecule has 3 aromatic rings. The van der Waals surface area contributed by atoms with Gasteiger partial charge in [-0.25, -0.2) is 4.98 Å². The highest BCUT2D eigenvalue weighted by Crippen LogP contribution is 2.37. The van der Waals surface area contributed by atoms with Crippen LogP contribution in [0, 0.1) is 0 Å². The van der Waals surface area contributed by atoms with Gasteiger partial charge in [0.2, 0.25) is 0 Å². The van der Waals surface area contributed by atoms with Crippen LogP contribution in [0.4, 0.5) is 5.69 Å². The van der Waals surface area contributed by atoms with Crippen LogP contribution in [0.3, 0.4) is 0 Å². The number of para-hydroxylation sites is 1. The van der Waals surface area contributed by atoms with Crippen molar-refractivity contribution in [3.63, 3.8) is 0 Å². The zero-order valence-corrected chi connectivity index (χ0v) is 16.9. The number of aliphatic hydroxyl groups excluding tert-OH is 1. The SMILES string of the molecule is O=C1C=C(Nc2ccc(S(=O)(=O)O)cc2-c2nc3ccccc3s2)C(=O)N1CCO. The topological polar surface area (TPSA) is 137 Å². The minimum Gasteiger partial charge on any atom is -0.395 e. The Balaban J connectivity index is 1.79. The molecule has 0 unspecified atom stereocenters. The minimum atomic E-state index is -4.47. The molecule has 2 amide bonds.